The summed E-state index contributed by atoms with van der Waals surface area (Å²) in [5.41, 5.74) is 2.00. The van der Waals surface area contributed by atoms with Crippen molar-refractivity contribution in [3.8, 4) is 11.5 Å². The van der Waals surface area contributed by atoms with Crippen LogP contribution in [0.1, 0.15) is 11.1 Å². The van der Waals surface area contributed by atoms with Gasteiger partial charge >= 0.3 is 13.6 Å². The average Bonchev–Trinajstić information content (AvgIpc) is 2.90. The molecule has 0 unspecified atom stereocenters. The fraction of sp³-hybridized carbons (Fsp3) is 0.138. The van der Waals surface area contributed by atoms with Crippen LogP contribution in [0.25, 0.3) is 0 Å². The topological polar surface area (TPSA) is 65.1 Å². The van der Waals surface area contributed by atoms with Gasteiger partial charge in [0.1, 0.15) is 30.9 Å². The average molecular weight is 534 g/mol. The molecule has 0 spiro atoms. The van der Waals surface area contributed by atoms with Crippen LogP contribution in [0.4, 0.5) is 0 Å². The molecule has 4 aromatic rings. The van der Waals surface area contributed by atoms with E-state index < -0.39 is 13.6 Å². The molecule has 4 aromatic carbocycles. The van der Waals surface area contributed by atoms with Gasteiger partial charge in [0.05, 0.1) is 0 Å². The van der Waals surface area contributed by atoms with Crippen molar-refractivity contribution in [2.24, 2.45) is 0 Å². The number of esters is 1. The van der Waals surface area contributed by atoms with Crippen molar-refractivity contribution in [3.05, 3.63) is 126 Å². The summed E-state index contributed by atoms with van der Waals surface area (Å²) in [5.74, 6) is 0.372. The van der Waals surface area contributed by atoms with E-state index in [-0.39, 0.29) is 19.4 Å². The molecule has 0 fully saturated rings. The van der Waals surface area contributed by atoms with Gasteiger partial charge in [0, 0.05) is 4.90 Å². The third-order valence-electron chi connectivity index (χ3n) is 5.11. The number of ether oxygens (including phenoxy) is 1. The van der Waals surface area contributed by atoms with Crippen LogP contribution < -0.4 is 9.05 Å². The molecule has 0 aliphatic rings. The smallest absolute Gasteiger partial charge is 0.445 e. The molecule has 0 aliphatic carbocycles. The first-order chi connectivity index (χ1) is 18.0. The van der Waals surface area contributed by atoms with E-state index >= 15 is 0 Å². The Bertz CT molecular complexity index is 1260. The van der Waals surface area contributed by atoms with E-state index in [0.717, 1.165) is 16.0 Å². The first kappa shape index (κ1) is 26.6. The van der Waals surface area contributed by atoms with E-state index in [2.05, 4.69) is 0 Å². The lowest BCUT2D eigenvalue weighted by molar-refractivity contribution is -0.144. The number of para-hydroxylation sites is 2. The summed E-state index contributed by atoms with van der Waals surface area (Å²) in [6, 6.07) is 35.0. The number of hydrogen-bond acceptors (Lipinski definition) is 7. The Kier molecular flexibility index (Phi) is 9.44. The molecule has 4 rings (SSSR count). The van der Waals surface area contributed by atoms with Crippen LogP contribution >= 0.6 is 19.5 Å². The van der Waals surface area contributed by atoms with Crippen molar-refractivity contribution >= 4 is 25.5 Å². The molecule has 0 amide bonds. The Morgan fingerprint density at radius 3 is 1.81 bits per heavy atom. The standard InChI is InChI=1S/C29H28NO5PS/c1-24-17-19-28(20-18-24)37-30(21-29(31)33-22-25-11-5-2-6-12-25)23-36(32,34-26-13-7-3-8-14-26)35-27-15-9-4-10-16-27/h2-20H,21-23H2,1H3. The fourth-order valence-corrected chi connectivity index (χ4v) is 6.25. The molecule has 0 aromatic heterocycles. The van der Waals surface area contributed by atoms with Gasteiger partial charge in [-0.3, -0.25) is 4.79 Å². The van der Waals surface area contributed by atoms with E-state index in [1.165, 1.54) is 11.9 Å². The maximum absolute atomic E-state index is 14.1. The molecule has 6 nitrogen and oxygen atoms in total. The zero-order valence-corrected chi connectivity index (χ0v) is 22.1. The van der Waals surface area contributed by atoms with Crippen molar-refractivity contribution in [1.82, 2.24) is 4.31 Å². The van der Waals surface area contributed by atoms with Gasteiger partial charge in [0.15, 0.2) is 0 Å². The number of carbonyl (C=O) groups excluding carboxylic acids is 1. The molecule has 0 saturated heterocycles. The van der Waals surface area contributed by atoms with Crippen molar-refractivity contribution < 1.29 is 23.1 Å². The van der Waals surface area contributed by atoms with E-state index in [4.69, 9.17) is 13.8 Å². The Morgan fingerprint density at radius 2 is 1.27 bits per heavy atom. The van der Waals surface area contributed by atoms with Crippen molar-refractivity contribution in [1.29, 1.82) is 0 Å². The molecule has 0 radical (unpaired) electrons. The zero-order chi connectivity index (χ0) is 25.9. The van der Waals surface area contributed by atoms with E-state index in [9.17, 15) is 9.36 Å². The predicted molar refractivity (Wildman–Crippen MR) is 147 cm³/mol. The van der Waals surface area contributed by atoms with Gasteiger partial charge in [-0.05, 0) is 60.8 Å². The summed E-state index contributed by atoms with van der Waals surface area (Å²) in [4.78, 5) is 13.7. The molecule has 0 aliphatic heterocycles. The number of carbonyl (C=O) groups is 1. The number of nitrogens with zero attached hydrogens (tertiary/aromatic N) is 1. The quantitative estimate of drug-likeness (QED) is 0.107. The van der Waals surface area contributed by atoms with E-state index in [1.807, 2.05) is 73.7 Å². The second-order valence-electron chi connectivity index (χ2n) is 8.25. The molecular weight excluding hydrogens is 505 g/mol. The third-order valence-corrected chi connectivity index (χ3v) is 7.97. The normalized spacial score (nSPS) is 11.2. The molecule has 0 N–H and O–H groups in total. The molecule has 0 saturated carbocycles. The lowest BCUT2D eigenvalue weighted by Crippen LogP contribution is -2.28. The number of hydrogen-bond donors (Lipinski definition) is 0. The van der Waals surface area contributed by atoms with Gasteiger partial charge in [-0.1, -0.05) is 84.4 Å². The molecule has 0 heterocycles. The van der Waals surface area contributed by atoms with Crippen LogP contribution in [-0.2, 0) is 20.7 Å². The minimum atomic E-state index is -3.80. The first-order valence-electron chi connectivity index (χ1n) is 11.7. The maximum atomic E-state index is 14.1. The fourth-order valence-electron chi connectivity index (χ4n) is 3.34. The van der Waals surface area contributed by atoms with E-state index in [1.54, 1.807) is 52.8 Å². The van der Waals surface area contributed by atoms with Crippen LogP contribution in [0.5, 0.6) is 11.5 Å². The second kappa shape index (κ2) is 13.2. The lowest BCUT2D eigenvalue weighted by atomic mass is 10.2. The summed E-state index contributed by atoms with van der Waals surface area (Å²) < 4.78 is 33.1. The molecule has 0 bridgehead atoms. The maximum Gasteiger partial charge on any atom is 0.445 e. The predicted octanol–water partition coefficient (Wildman–Crippen LogP) is 7.36. The minimum Gasteiger partial charge on any atom is -0.460 e. The summed E-state index contributed by atoms with van der Waals surface area (Å²) in [5, 5.41) is 0. The van der Waals surface area contributed by atoms with Gasteiger partial charge in [-0.15, -0.1) is 0 Å². The lowest BCUT2D eigenvalue weighted by Gasteiger charge is -2.26. The SMILES string of the molecule is Cc1ccc(SN(CC(=O)OCc2ccccc2)CP(=O)(Oc2ccccc2)Oc2ccccc2)cc1. The molecule has 0 atom stereocenters. The van der Waals surface area contributed by atoms with Gasteiger partial charge in [-0.2, -0.15) is 0 Å². The minimum absolute atomic E-state index is 0.119. The summed E-state index contributed by atoms with van der Waals surface area (Å²) in [6.07, 6.45) is -0.157. The van der Waals surface area contributed by atoms with Crippen LogP contribution in [-0.4, -0.2) is 23.1 Å². The Morgan fingerprint density at radius 1 is 0.757 bits per heavy atom. The number of rotatable bonds is 12. The highest BCUT2D eigenvalue weighted by molar-refractivity contribution is 7.97. The highest BCUT2D eigenvalue weighted by Crippen LogP contribution is 2.50. The largest absolute Gasteiger partial charge is 0.460 e. The molecule has 190 valence electrons. The van der Waals surface area contributed by atoms with Crippen LogP contribution in [0.2, 0.25) is 0 Å². The monoisotopic (exact) mass is 533 g/mol. The summed E-state index contributed by atoms with van der Waals surface area (Å²) in [6.45, 7) is 2.04. The second-order valence-corrected chi connectivity index (χ2v) is 11.3. The third kappa shape index (κ3) is 8.83. The van der Waals surface area contributed by atoms with Crippen molar-refractivity contribution in [2.75, 3.05) is 12.8 Å². The number of aryl methyl sites for hydroxylation is 1. The highest BCUT2D eigenvalue weighted by atomic mass is 32.2. The molecule has 37 heavy (non-hydrogen) atoms. The first-order valence-corrected chi connectivity index (χ1v) is 14.3. The van der Waals surface area contributed by atoms with Gasteiger partial charge < -0.3 is 13.8 Å². The van der Waals surface area contributed by atoms with Crippen LogP contribution in [0.3, 0.4) is 0 Å². The summed E-state index contributed by atoms with van der Waals surface area (Å²) >= 11 is 1.30. The van der Waals surface area contributed by atoms with Crippen molar-refractivity contribution in [3.63, 3.8) is 0 Å². The zero-order valence-electron chi connectivity index (χ0n) is 20.4. The van der Waals surface area contributed by atoms with Gasteiger partial charge in [0.2, 0.25) is 0 Å². The van der Waals surface area contributed by atoms with Gasteiger partial charge in [-0.25, -0.2) is 8.87 Å². The Labute approximate surface area is 221 Å². The molecule has 8 heteroatoms. The summed E-state index contributed by atoms with van der Waals surface area (Å²) in [7, 11) is -3.80. The van der Waals surface area contributed by atoms with E-state index in [0.29, 0.717) is 11.5 Å². The Hall–Kier alpha value is -3.51. The number of benzene rings is 4. The van der Waals surface area contributed by atoms with Crippen LogP contribution in [0, 0.1) is 6.92 Å². The van der Waals surface area contributed by atoms with Crippen LogP contribution in [0.15, 0.2) is 120 Å². The Balaban J connectivity index is 1.55. The van der Waals surface area contributed by atoms with Crippen molar-refractivity contribution in [2.45, 2.75) is 18.4 Å². The van der Waals surface area contributed by atoms with Gasteiger partial charge in [0.25, 0.3) is 0 Å². The molecular formula is C29H28NO5PS. The highest BCUT2D eigenvalue weighted by Gasteiger charge is 2.33.